The molecule has 2 nitrogen and oxygen atoms in total. The van der Waals surface area contributed by atoms with Crippen LogP contribution in [0, 0.1) is 0 Å². The molecule has 1 heterocycles. The minimum atomic E-state index is 0.882. The Kier molecular flexibility index (Phi) is 1.54. The van der Waals surface area contributed by atoms with Crippen molar-refractivity contribution in [2.24, 2.45) is 0 Å². The average Bonchev–Trinajstić information content (AvgIpc) is 2.52. The summed E-state index contributed by atoms with van der Waals surface area (Å²) in [6.45, 7) is 2.12. The van der Waals surface area contributed by atoms with Crippen LogP contribution < -0.4 is 5.73 Å². The third kappa shape index (κ3) is 0.881. The fourth-order valence-corrected chi connectivity index (χ4v) is 1.59. The highest BCUT2D eigenvalue weighted by Gasteiger charge is 2.02. The highest BCUT2D eigenvalue weighted by Crippen LogP contribution is 2.22. The molecule has 0 aliphatic carbocycles. The molecule has 3 N–H and O–H groups in total. The van der Waals surface area contributed by atoms with E-state index < -0.39 is 0 Å². The summed E-state index contributed by atoms with van der Waals surface area (Å²) in [5.74, 6) is 0. The predicted octanol–water partition coefficient (Wildman–Crippen LogP) is 2.31. The lowest BCUT2D eigenvalue weighted by Gasteiger charge is -2.03. The van der Waals surface area contributed by atoms with Crippen molar-refractivity contribution in [1.82, 2.24) is 4.98 Å². The number of rotatable bonds is 1. The molecule has 0 spiro atoms. The molecule has 0 atom stereocenters. The highest BCUT2D eigenvalue weighted by atomic mass is 14.7. The summed E-state index contributed by atoms with van der Waals surface area (Å²) in [6, 6.07) is 6.07. The fourth-order valence-electron chi connectivity index (χ4n) is 1.59. The second kappa shape index (κ2) is 2.55. The van der Waals surface area contributed by atoms with Crippen LogP contribution in [0.2, 0.25) is 0 Å². The lowest BCUT2D eigenvalue weighted by molar-refractivity contribution is 1.15. The second-order valence-electron chi connectivity index (χ2n) is 2.93. The monoisotopic (exact) mass is 160 g/mol. The van der Waals surface area contributed by atoms with Crippen molar-refractivity contribution in [2.75, 3.05) is 5.73 Å². The molecule has 12 heavy (non-hydrogen) atoms. The molecule has 0 saturated heterocycles. The molecule has 1 aromatic carbocycles. The van der Waals surface area contributed by atoms with E-state index in [1.807, 2.05) is 18.3 Å². The zero-order chi connectivity index (χ0) is 8.55. The van der Waals surface area contributed by atoms with Gasteiger partial charge < -0.3 is 10.7 Å². The minimum Gasteiger partial charge on any atom is -0.398 e. The van der Waals surface area contributed by atoms with Gasteiger partial charge in [0.1, 0.15) is 0 Å². The van der Waals surface area contributed by atoms with E-state index in [-0.39, 0.29) is 0 Å². The molecule has 0 unspecified atom stereocenters. The Balaban J connectivity index is 2.83. The van der Waals surface area contributed by atoms with Gasteiger partial charge in [0.25, 0.3) is 0 Å². The second-order valence-corrected chi connectivity index (χ2v) is 2.93. The standard InChI is InChI=1S/C10H12N2/c1-2-8-9(11)4-3-7-5-6-12-10(7)8/h3-6,12H,2,11H2,1H3. The largest absolute Gasteiger partial charge is 0.398 e. The number of anilines is 1. The van der Waals surface area contributed by atoms with E-state index in [1.54, 1.807) is 0 Å². The molecule has 2 aromatic rings. The van der Waals surface area contributed by atoms with E-state index in [1.165, 1.54) is 16.5 Å². The first-order valence-electron chi connectivity index (χ1n) is 4.17. The Labute approximate surface area is 71.4 Å². The number of nitrogens with two attached hydrogens (primary N) is 1. The van der Waals surface area contributed by atoms with Crippen LogP contribution in [0.1, 0.15) is 12.5 Å². The maximum absolute atomic E-state index is 5.84. The van der Waals surface area contributed by atoms with Crippen molar-refractivity contribution in [3.05, 3.63) is 30.0 Å². The van der Waals surface area contributed by atoms with Crippen LogP contribution in [0.3, 0.4) is 0 Å². The van der Waals surface area contributed by atoms with Crippen LogP contribution in [0.4, 0.5) is 5.69 Å². The number of nitrogens with one attached hydrogen (secondary N) is 1. The van der Waals surface area contributed by atoms with Crippen LogP contribution in [-0.4, -0.2) is 4.98 Å². The summed E-state index contributed by atoms with van der Waals surface area (Å²) in [5.41, 5.74) is 9.12. The molecule has 0 radical (unpaired) electrons. The minimum absolute atomic E-state index is 0.882. The van der Waals surface area contributed by atoms with Crippen molar-refractivity contribution < 1.29 is 0 Å². The van der Waals surface area contributed by atoms with Gasteiger partial charge in [0, 0.05) is 11.9 Å². The van der Waals surface area contributed by atoms with Gasteiger partial charge in [0.05, 0.1) is 5.52 Å². The van der Waals surface area contributed by atoms with E-state index in [0.717, 1.165) is 12.1 Å². The van der Waals surface area contributed by atoms with Gasteiger partial charge in [-0.3, -0.25) is 0 Å². The zero-order valence-corrected chi connectivity index (χ0v) is 7.09. The zero-order valence-electron chi connectivity index (χ0n) is 7.09. The first-order valence-corrected chi connectivity index (χ1v) is 4.17. The van der Waals surface area contributed by atoms with Gasteiger partial charge in [-0.05, 0) is 29.5 Å². The Morgan fingerprint density at radius 2 is 2.17 bits per heavy atom. The van der Waals surface area contributed by atoms with Crippen LogP contribution in [0.15, 0.2) is 24.4 Å². The lowest BCUT2D eigenvalue weighted by atomic mass is 10.1. The molecule has 1 aromatic heterocycles. The fraction of sp³-hybridized carbons (Fsp3) is 0.200. The quantitative estimate of drug-likeness (QED) is 0.617. The highest BCUT2D eigenvalue weighted by molar-refractivity contribution is 5.86. The van der Waals surface area contributed by atoms with Gasteiger partial charge in [0.2, 0.25) is 0 Å². The van der Waals surface area contributed by atoms with Gasteiger partial charge in [-0.1, -0.05) is 13.0 Å². The van der Waals surface area contributed by atoms with E-state index in [4.69, 9.17) is 5.73 Å². The van der Waals surface area contributed by atoms with Gasteiger partial charge in [-0.25, -0.2) is 0 Å². The van der Waals surface area contributed by atoms with Crippen molar-refractivity contribution in [3.63, 3.8) is 0 Å². The molecule has 2 heteroatoms. The molecule has 62 valence electrons. The van der Waals surface area contributed by atoms with E-state index in [0.29, 0.717) is 0 Å². The SMILES string of the molecule is CCc1c(N)ccc2cc[nH]c12. The van der Waals surface area contributed by atoms with Crippen molar-refractivity contribution >= 4 is 16.6 Å². The van der Waals surface area contributed by atoms with Gasteiger partial charge in [0.15, 0.2) is 0 Å². The Hall–Kier alpha value is -1.44. The van der Waals surface area contributed by atoms with Crippen molar-refractivity contribution in [1.29, 1.82) is 0 Å². The molecular weight excluding hydrogens is 148 g/mol. The molecule has 0 fully saturated rings. The number of nitrogen functional groups attached to an aromatic ring is 1. The number of hydrogen-bond acceptors (Lipinski definition) is 1. The third-order valence-electron chi connectivity index (χ3n) is 2.23. The van der Waals surface area contributed by atoms with E-state index >= 15 is 0 Å². The van der Waals surface area contributed by atoms with Crippen LogP contribution in [0.5, 0.6) is 0 Å². The number of fused-ring (bicyclic) bond motifs is 1. The summed E-state index contributed by atoms with van der Waals surface area (Å²) in [7, 11) is 0. The normalized spacial score (nSPS) is 10.8. The molecule has 0 bridgehead atoms. The topological polar surface area (TPSA) is 41.8 Å². The smallest absolute Gasteiger partial charge is 0.0507 e. The van der Waals surface area contributed by atoms with Crippen molar-refractivity contribution in [3.8, 4) is 0 Å². The van der Waals surface area contributed by atoms with Crippen LogP contribution >= 0.6 is 0 Å². The summed E-state index contributed by atoms with van der Waals surface area (Å²) in [5, 5.41) is 1.24. The maximum atomic E-state index is 5.84. The lowest BCUT2D eigenvalue weighted by Crippen LogP contribution is -1.93. The summed E-state index contributed by atoms with van der Waals surface area (Å²) < 4.78 is 0. The molecule has 0 aliphatic heterocycles. The first-order chi connectivity index (χ1) is 5.83. The number of H-pyrrole nitrogens is 1. The summed E-state index contributed by atoms with van der Waals surface area (Å²) >= 11 is 0. The van der Waals surface area contributed by atoms with E-state index in [9.17, 15) is 0 Å². The average molecular weight is 160 g/mol. The number of aromatic nitrogens is 1. The molecule has 0 saturated carbocycles. The molecule has 0 aliphatic rings. The van der Waals surface area contributed by atoms with Gasteiger partial charge in [-0.2, -0.15) is 0 Å². The maximum Gasteiger partial charge on any atom is 0.0507 e. The Morgan fingerprint density at radius 3 is 2.92 bits per heavy atom. The van der Waals surface area contributed by atoms with Crippen LogP contribution in [0.25, 0.3) is 10.9 Å². The summed E-state index contributed by atoms with van der Waals surface area (Å²) in [6.07, 6.45) is 2.92. The van der Waals surface area contributed by atoms with Gasteiger partial charge in [-0.15, -0.1) is 0 Å². The predicted molar refractivity (Wildman–Crippen MR) is 52.1 cm³/mol. The molecular formula is C10H12N2. The number of aryl methyl sites for hydroxylation is 1. The Morgan fingerprint density at radius 1 is 1.33 bits per heavy atom. The molecule has 2 rings (SSSR count). The van der Waals surface area contributed by atoms with E-state index in [2.05, 4.69) is 18.0 Å². The first kappa shape index (κ1) is 7.22. The summed E-state index contributed by atoms with van der Waals surface area (Å²) in [4.78, 5) is 3.20. The van der Waals surface area contributed by atoms with Crippen LogP contribution in [-0.2, 0) is 6.42 Å². The van der Waals surface area contributed by atoms with Gasteiger partial charge >= 0.3 is 0 Å². The third-order valence-corrected chi connectivity index (χ3v) is 2.23. The number of hydrogen-bond donors (Lipinski definition) is 2. The number of benzene rings is 1. The molecule has 0 amide bonds. The Bertz CT molecular complexity index is 401. The van der Waals surface area contributed by atoms with Crippen molar-refractivity contribution in [2.45, 2.75) is 13.3 Å². The number of aromatic amines is 1.